The number of hydrogen-bond donors (Lipinski definition) is 2. The van der Waals surface area contributed by atoms with Crippen LogP contribution in [0.5, 0.6) is 0 Å². The van der Waals surface area contributed by atoms with Gasteiger partial charge in [-0.05, 0) is 52.4 Å². The average Bonchev–Trinajstić information content (AvgIpc) is 2.21. The summed E-state index contributed by atoms with van der Waals surface area (Å²) >= 11 is 0. The lowest BCUT2D eigenvalue weighted by atomic mass is 10.1. The molecule has 0 unspecified atom stereocenters. The zero-order valence-corrected chi connectivity index (χ0v) is 10.8. The Morgan fingerprint density at radius 1 is 1.31 bits per heavy atom. The molecule has 0 aliphatic carbocycles. The van der Waals surface area contributed by atoms with Gasteiger partial charge in [0, 0.05) is 6.04 Å². The molecule has 3 N–H and O–H groups in total. The summed E-state index contributed by atoms with van der Waals surface area (Å²) in [6, 6.07) is 0.124. The van der Waals surface area contributed by atoms with Crippen LogP contribution < -0.4 is 10.5 Å². The molecule has 0 aromatic rings. The molecule has 5 nitrogen and oxygen atoms in total. The van der Waals surface area contributed by atoms with Gasteiger partial charge in [0.1, 0.15) is 0 Å². The summed E-state index contributed by atoms with van der Waals surface area (Å²) in [6.45, 7) is 2.50. The Labute approximate surface area is 98.4 Å². The molecule has 1 heterocycles. The van der Waals surface area contributed by atoms with Crippen molar-refractivity contribution in [1.82, 2.24) is 9.62 Å². The topological polar surface area (TPSA) is 75.4 Å². The summed E-state index contributed by atoms with van der Waals surface area (Å²) < 4.78 is 26.2. The van der Waals surface area contributed by atoms with E-state index in [9.17, 15) is 8.42 Å². The van der Waals surface area contributed by atoms with E-state index in [1.807, 2.05) is 0 Å². The second kappa shape index (κ2) is 6.54. The SMILES string of the molecule is CN1CCC(NS(=O)(=O)CCCCN)CC1. The first kappa shape index (κ1) is 13.9. The minimum Gasteiger partial charge on any atom is -0.330 e. The third-order valence-electron chi connectivity index (χ3n) is 2.93. The first-order valence-electron chi connectivity index (χ1n) is 5.92. The lowest BCUT2D eigenvalue weighted by Crippen LogP contribution is -2.44. The minimum absolute atomic E-state index is 0.124. The van der Waals surface area contributed by atoms with Crippen LogP contribution in [0.15, 0.2) is 0 Å². The molecular formula is C10H23N3O2S. The Morgan fingerprint density at radius 2 is 1.94 bits per heavy atom. The van der Waals surface area contributed by atoms with Gasteiger partial charge in [0.25, 0.3) is 0 Å². The van der Waals surface area contributed by atoms with Gasteiger partial charge in [0.05, 0.1) is 5.75 Å². The maximum absolute atomic E-state index is 11.7. The third-order valence-corrected chi connectivity index (χ3v) is 4.45. The zero-order valence-electron chi connectivity index (χ0n) is 9.98. The van der Waals surface area contributed by atoms with Gasteiger partial charge in [0.2, 0.25) is 10.0 Å². The standard InChI is InChI=1S/C10H23N3O2S/c1-13-7-4-10(5-8-13)12-16(14,15)9-3-2-6-11/h10,12H,2-9,11H2,1H3. The van der Waals surface area contributed by atoms with E-state index in [1.54, 1.807) is 0 Å². The summed E-state index contributed by atoms with van der Waals surface area (Å²) in [7, 11) is -1.03. The van der Waals surface area contributed by atoms with Crippen LogP contribution in [0.25, 0.3) is 0 Å². The molecule has 0 saturated carbocycles. The van der Waals surface area contributed by atoms with Crippen LogP contribution in [0.3, 0.4) is 0 Å². The highest BCUT2D eigenvalue weighted by Gasteiger charge is 2.21. The molecule has 1 saturated heterocycles. The smallest absolute Gasteiger partial charge is 0.211 e. The molecule has 0 aromatic carbocycles. The van der Waals surface area contributed by atoms with Gasteiger partial charge in [-0.1, -0.05) is 0 Å². The van der Waals surface area contributed by atoms with Crippen LogP contribution in [0, 0.1) is 0 Å². The fraction of sp³-hybridized carbons (Fsp3) is 1.00. The van der Waals surface area contributed by atoms with Crippen molar-refractivity contribution >= 4 is 10.0 Å². The number of sulfonamides is 1. The monoisotopic (exact) mass is 249 g/mol. The number of hydrogen-bond acceptors (Lipinski definition) is 4. The molecule has 1 aliphatic heterocycles. The summed E-state index contributed by atoms with van der Waals surface area (Å²) in [4.78, 5) is 2.22. The maximum Gasteiger partial charge on any atom is 0.211 e. The van der Waals surface area contributed by atoms with Crippen LogP contribution in [0.4, 0.5) is 0 Å². The molecule has 1 aliphatic rings. The van der Waals surface area contributed by atoms with Gasteiger partial charge in [-0.2, -0.15) is 0 Å². The summed E-state index contributed by atoms with van der Waals surface area (Å²) in [5.74, 6) is 0.205. The minimum atomic E-state index is -3.10. The fourth-order valence-corrected chi connectivity index (χ4v) is 3.32. The second-order valence-electron chi connectivity index (χ2n) is 4.51. The molecule has 0 atom stereocenters. The van der Waals surface area contributed by atoms with Crippen LogP contribution in [-0.2, 0) is 10.0 Å². The number of rotatable bonds is 6. The van der Waals surface area contributed by atoms with Crippen molar-refractivity contribution < 1.29 is 8.42 Å². The quantitative estimate of drug-likeness (QED) is 0.636. The van der Waals surface area contributed by atoms with Crippen molar-refractivity contribution in [3.63, 3.8) is 0 Å². The van der Waals surface area contributed by atoms with Crippen LogP contribution >= 0.6 is 0 Å². The molecule has 0 amide bonds. The van der Waals surface area contributed by atoms with E-state index in [0.29, 0.717) is 13.0 Å². The molecule has 0 bridgehead atoms. The molecule has 16 heavy (non-hydrogen) atoms. The van der Waals surface area contributed by atoms with Crippen molar-refractivity contribution in [2.75, 3.05) is 32.4 Å². The van der Waals surface area contributed by atoms with Crippen LogP contribution in [0.2, 0.25) is 0 Å². The van der Waals surface area contributed by atoms with Crippen LogP contribution in [0.1, 0.15) is 25.7 Å². The number of nitrogens with one attached hydrogen (secondary N) is 1. The molecule has 0 spiro atoms. The van der Waals surface area contributed by atoms with Gasteiger partial charge in [-0.25, -0.2) is 13.1 Å². The van der Waals surface area contributed by atoms with Gasteiger partial charge < -0.3 is 10.6 Å². The van der Waals surface area contributed by atoms with Gasteiger partial charge in [-0.3, -0.25) is 0 Å². The highest BCUT2D eigenvalue weighted by atomic mass is 32.2. The Balaban J connectivity index is 2.29. The zero-order chi connectivity index (χ0) is 12.0. The first-order valence-corrected chi connectivity index (χ1v) is 7.57. The number of nitrogens with zero attached hydrogens (tertiary/aromatic N) is 1. The Kier molecular flexibility index (Phi) is 5.68. The first-order chi connectivity index (χ1) is 7.53. The van der Waals surface area contributed by atoms with Gasteiger partial charge in [-0.15, -0.1) is 0 Å². The number of nitrogens with two attached hydrogens (primary N) is 1. The predicted molar refractivity (Wildman–Crippen MR) is 65.7 cm³/mol. The van der Waals surface area contributed by atoms with Crippen molar-refractivity contribution in [2.45, 2.75) is 31.7 Å². The lowest BCUT2D eigenvalue weighted by molar-refractivity contribution is 0.248. The normalized spacial score (nSPS) is 20.1. The summed E-state index contributed by atoms with van der Waals surface area (Å²) in [6.07, 6.45) is 3.24. The van der Waals surface area contributed by atoms with Gasteiger partial charge >= 0.3 is 0 Å². The third kappa shape index (κ3) is 5.25. The summed E-state index contributed by atoms with van der Waals surface area (Å²) in [5.41, 5.74) is 5.34. The Hall–Kier alpha value is -0.170. The molecule has 1 fully saturated rings. The predicted octanol–water partition coefficient (Wildman–Crippen LogP) is -0.261. The van der Waals surface area contributed by atoms with E-state index in [0.717, 1.165) is 32.4 Å². The lowest BCUT2D eigenvalue weighted by Gasteiger charge is -2.29. The average molecular weight is 249 g/mol. The molecule has 1 rings (SSSR count). The van der Waals surface area contributed by atoms with Gasteiger partial charge in [0.15, 0.2) is 0 Å². The number of likely N-dealkylation sites (tertiary alicyclic amines) is 1. The maximum atomic E-state index is 11.7. The van der Waals surface area contributed by atoms with E-state index in [1.165, 1.54) is 0 Å². The summed E-state index contributed by atoms with van der Waals surface area (Å²) in [5, 5.41) is 0. The van der Waals surface area contributed by atoms with Crippen molar-refractivity contribution in [3.8, 4) is 0 Å². The highest BCUT2D eigenvalue weighted by Crippen LogP contribution is 2.09. The van der Waals surface area contributed by atoms with E-state index in [4.69, 9.17) is 5.73 Å². The Bertz CT molecular complexity index is 284. The van der Waals surface area contributed by atoms with E-state index in [-0.39, 0.29) is 11.8 Å². The van der Waals surface area contributed by atoms with Crippen LogP contribution in [-0.4, -0.2) is 51.8 Å². The molecular weight excluding hydrogens is 226 g/mol. The van der Waals surface area contributed by atoms with E-state index >= 15 is 0 Å². The molecule has 6 heteroatoms. The largest absolute Gasteiger partial charge is 0.330 e. The molecule has 0 aromatic heterocycles. The van der Waals surface area contributed by atoms with Crippen molar-refractivity contribution in [3.05, 3.63) is 0 Å². The van der Waals surface area contributed by atoms with E-state index in [2.05, 4.69) is 16.7 Å². The Morgan fingerprint density at radius 3 is 2.50 bits per heavy atom. The number of piperidine rings is 1. The fourth-order valence-electron chi connectivity index (χ4n) is 1.88. The van der Waals surface area contributed by atoms with Crippen molar-refractivity contribution in [1.29, 1.82) is 0 Å². The molecule has 96 valence electrons. The van der Waals surface area contributed by atoms with Crippen molar-refractivity contribution in [2.24, 2.45) is 5.73 Å². The highest BCUT2D eigenvalue weighted by molar-refractivity contribution is 7.89. The van der Waals surface area contributed by atoms with E-state index < -0.39 is 10.0 Å². The number of unbranched alkanes of at least 4 members (excludes halogenated alkanes) is 1. The second-order valence-corrected chi connectivity index (χ2v) is 6.38. The molecule has 0 radical (unpaired) electrons.